The quantitative estimate of drug-likeness (QED) is 0.496. The zero-order chi connectivity index (χ0) is 17.7. The molecule has 0 aliphatic rings. The topological polar surface area (TPSA) is 37.3 Å². The second kappa shape index (κ2) is 7.58. The fourth-order valence-corrected chi connectivity index (χ4v) is 4.10. The Morgan fingerprint density at radius 1 is 0.760 bits per heavy atom. The predicted molar refractivity (Wildman–Crippen MR) is 104 cm³/mol. The fourth-order valence-electron chi connectivity index (χ4n) is 3.50. The molecule has 0 radical (unpaired) electrons. The van der Waals surface area contributed by atoms with E-state index in [-0.39, 0.29) is 6.42 Å². The van der Waals surface area contributed by atoms with Gasteiger partial charge in [0.15, 0.2) is 0 Å². The van der Waals surface area contributed by atoms with Crippen molar-refractivity contribution in [3.8, 4) is 0 Å². The first-order valence-electron chi connectivity index (χ1n) is 8.22. The van der Waals surface area contributed by atoms with Crippen molar-refractivity contribution in [1.82, 2.24) is 0 Å². The van der Waals surface area contributed by atoms with Gasteiger partial charge in [-0.25, -0.2) is 0 Å². The monoisotopic (exact) mass is 348 g/mol. The van der Waals surface area contributed by atoms with Crippen LogP contribution >= 0.6 is 12.6 Å². The smallest absolute Gasteiger partial charge is 0.304 e. The number of hydrogen-bond acceptors (Lipinski definition) is 2. The Hall–Kier alpha value is -2.52. The van der Waals surface area contributed by atoms with Crippen molar-refractivity contribution in [2.75, 3.05) is 0 Å². The Morgan fingerprint density at radius 2 is 1.08 bits per heavy atom. The Kier molecular flexibility index (Phi) is 5.25. The molecule has 0 aliphatic heterocycles. The maximum atomic E-state index is 11.5. The van der Waals surface area contributed by atoms with Gasteiger partial charge in [0.05, 0.1) is 11.8 Å². The van der Waals surface area contributed by atoms with Crippen molar-refractivity contribution in [2.45, 2.75) is 17.1 Å². The standard InChI is InChI=1S/C22H20O2S/c23-21(24)16-20(25)22(17-10-4-1-5-11-17,18-12-6-2-7-13-18)19-14-8-3-9-15-19/h1-15,20,25H,16H2,(H,23,24). The largest absolute Gasteiger partial charge is 0.481 e. The van der Waals surface area contributed by atoms with Crippen LogP contribution in [0.15, 0.2) is 91.0 Å². The molecule has 0 heterocycles. The first kappa shape index (κ1) is 17.3. The van der Waals surface area contributed by atoms with Gasteiger partial charge in [0, 0.05) is 5.25 Å². The van der Waals surface area contributed by atoms with E-state index in [1.54, 1.807) is 0 Å². The highest BCUT2D eigenvalue weighted by Crippen LogP contribution is 2.45. The highest BCUT2D eigenvalue weighted by Gasteiger charge is 2.42. The van der Waals surface area contributed by atoms with Gasteiger partial charge >= 0.3 is 5.97 Å². The number of hydrogen-bond donors (Lipinski definition) is 2. The average molecular weight is 348 g/mol. The van der Waals surface area contributed by atoms with E-state index in [2.05, 4.69) is 0 Å². The van der Waals surface area contributed by atoms with Gasteiger partial charge in [0.25, 0.3) is 0 Å². The van der Waals surface area contributed by atoms with Crippen LogP contribution in [-0.4, -0.2) is 16.3 Å². The maximum Gasteiger partial charge on any atom is 0.304 e. The molecule has 1 N–H and O–H groups in total. The van der Waals surface area contributed by atoms with E-state index >= 15 is 0 Å². The molecule has 0 bridgehead atoms. The van der Waals surface area contributed by atoms with Crippen LogP contribution in [0, 0.1) is 0 Å². The number of carbonyl (C=O) groups is 1. The Balaban J connectivity index is 2.33. The summed E-state index contributed by atoms with van der Waals surface area (Å²) in [6, 6.07) is 30.1. The summed E-state index contributed by atoms with van der Waals surface area (Å²) in [4.78, 5) is 11.5. The molecule has 0 aliphatic carbocycles. The van der Waals surface area contributed by atoms with Gasteiger partial charge in [0.2, 0.25) is 0 Å². The SMILES string of the molecule is O=C(O)CC(S)C(c1ccccc1)(c1ccccc1)c1ccccc1. The normalized spacial score (nSPS) is 12.5. The lowest BCUT2D eigenvalue weighted by molar-refractivity contribution is -0.137. The van der Waals surface area contributed by atoms with Crippen LogP contribution in [0.25, 0.3) is 0 Å². The lowest BCUT2D eigenvalue weighted by Crippen LogP contribution is -2.40. The van der Waals surface area contributed by atoms with Crippen molar-refractivity contribution in [3.05, 3.63) is 108 Å². The van der Waals surface area contributed by atoms with Crippen molar-refractivity contribution in [3.63, 3.8) is 0 Å². The van der Waals surface area contributed by atoms with E-state index < -0.39 is 16.6 Å². The molecule has 1 atom stereocenters. The van der Waals surface area contributed by atoms with Crippen molar-refractivity contribution in [2.24, 2.45) is 0 Å². The third-order valence-corrected chi connectivity index (χ3v) is 5.13. The van der Waals surface area contributed by atoms with Gasteiger partial charge in [-0.2, -0.15) is 12.6 Å². The van der Waals surface area contributed by atoms with Crippen LogP contribution in [0.3, 0.4) is 0 Å². The minimum atomic E-state index is -0.854. The number of carboxylic acid groups (broad SMARTS) is 1. The Labute approximate surface area is 153 Å². The molecule has 3 aromatic rings. The van der Waals surface area contributed by atoms with Crippen molar-refractivity contribution < 1.29 is 9.90 Å². The van der Waals surface area contributed by atoms with Gasteiger partial charge < -0.3 is 5.11 Å². The molecule has 126 valence electrons. The average Bonchev–Trinajstić information content (AvgIpc) is 2.64. The minimum absolute atomic E-state index is 0.0399. The summed E-state index contributed by atoms with van der Waals surface area (Å²) in [7, 11) is 0. The predicted octanol–water partition coefficient (Wildman–Crippen LogP) is 4.79. The number of benzene rings is 3. The van der Waals surface area contributed by atoms with Gasteiger partial charge in [-0.05, 0) is 16.7 Å². The molecule has 0 saturated heterocycles. The molecular formula is C22H20O2S. The molecule has 25 heavy (non-hydrogen) atoms. The molecule has 0 fully saturated rings. The van der Waals surface area contributed by atoms with Crippen LogP contribution in [0.1, 0.15) is 23.1 Å². The van der Waals surface area contributed by atoms with Gasteiger partial charge in [-0.15, -0.1) is 0 Å². The van der Waals surface area contributed by atoms with E-state index in [1.807, 2.05) is 91.0 Å². The number of carboxylic acids is 1. The second-order valence-corrected chi connectivity index (χ2v) is 6.64. The second-order valence-electron chi connectivity index (χ2n) is 6.02. The molecular weight excluding hydrogens is 328 g/mol. The number of rotatable bonds is 6. The summed E-state index contributed by atoms with van der Waals surface area (Å²) >= 11 is 4.80. The van der Waals surface area contributed by atoms with Crippen molar-refractivity contribution in [1.29, 1.82) is 0 Å². The maximum absolute atomic E-state index is 11.5. The third kappa shape index (κ3) is 3.33. The summed E-state index contributed by atoms with van der Waals surface area (Å²) in [6.07, 6.45) is -0.0399. The van der Waals surface area contributed by atoms with E-state index in [4.69, 9.17) is 12.6 Å². The highest BCUT2D eigenvalue weighted by molar-refractivity contribution is 7.81. The molecule has 0 saturated carbocycles. The Bertz CT molecular complexity index is 720. The molecule has 0 aromatic heterocycles. The van der Waals surface area contributed by atoms with E-state index in [0.717, 1.165) is 16.7 Å². The third-order valence-electron chi connectivity index (χ3n) is 4.56. The van der Waals surface area contributed by atoms with Crippen LogP contribution in [0.2, 0.25) is 0 Å². The zero-order valence-electron chi connectivity index (χ0n) is 13.7. The van der Waals surface area contributed by atoms with Crippen LogP contribution in [0.5, 0.6) is 0 Å². The lowest BCUT2D eigenvalue weighted by atomic mass is 9.66. The molecule has 3 heteroatoms. The first-order valence-corrected chi connectivity index (χ1v) is 8.73. The van der Waals surface area contributed by atoms with Crippen LogP contribution < -0.4 is 0 Å². The molecule has 3 rings (SSSR count). The Morgan fingerprint density at radius 3 is 1.36 bits per heavy atom. The van der Waals surface area contributed by atoms with Crippen LogP contribution in [-0.2, 0) is 10.2 Å². The summed E-state index contributed by atoms with van der Waals surface area (Å²) in [5.74, 6) is -0.854. The van der Waals surface area contributed by atoms with Crippen LogP contribution in [0.4, 0.5) is 0 Å². The molecule has 1 unspecified atom stereocenters. The molecule has 0 spiro atoms. The van der Waals surface area contributed by atoms with Gasteiger partial charge in [-0.3, -0.25) is 4.79 Å². The number of aliphatic carboxylic acids is 1. The minimum Gasteiger partial charge on any atom is -0.481 e. The zero-order valence-corrected chi connectivity index (χ0v) is 14.6. The van der Waals surface area contributed by atoms with Crippen molar-refractivity contribution >= 4 is 18.6 Å². The van der Waals surface area contributed by atoms with Gasteiger partial charge in [0.1, 0.15) is 0 Å². The molecule has 2 nitrogen and oxygen atoms in total. The lowest BCUT2D eigenvalue weighted by Gasteiger charge is -2.40. The summed E-state index contributed by atoms with van der Waals surface area (Å²) in [6.45, 7) is 0. The van der Waals surface area contributed by atoms with E-state index in [0.29, 0.717) is 0 Å². The highest BCUT2D eigenvalue weighted by atomic mass is 32.1. The number of thiol groups is 1. The summed E-state index contributed by atoms with van der Waals surface area (Å²) in [5, 5.41) is 9.02. The molecule has 3 aromatic carbocycles. The van der Waals surface area contributed by atoms with Gasteiger partial charge in [-0.1, -0.05) is 91.0 Å². The first-order chi connectivity index (χ1) is 12.2. The van der Waals surface area contributed by atoms with E-state index in [9.17, 15) is 9.90 Å². The fraction of sp³-hybridized carbons (Fsp3) is 0.136. The van der Waals surface area contributed by atoms with E-state index in [1.165, 1.54) is 0 Å². The molecule has 0 amide bonds. The summed E-state index contributed by atoms with van der Waals surface area (Å²) < 4.78 is 0. The summed E-state index contributed by atoms with van der Waals surface area (Å²) in [5.41, 5.74) is 2.46.